The molecule has 0 rings (SSSR count). The molecular weight excluding hydrogens is 412 g/mol. The average molecular weight is 430 g/mol. The van der Waals surface area contributed by atoms with Crippen LogP contribution in [0.2, 0.25) is 0 Å². The molecule has 0 atom stereocenters. The Morgan fingerprint density at radius 1 is 0.519 bits per heavy atom. The van der Waals surface area contributed by atoms with Gasteiger partial charge >= 0.3 is 35.9 Å². The zero-order valence-electron chi connectivity index (χ0n) is 14.2. The maximum absolute atomic E-state index is 13.3. The Labute approximate surface area is 147 Å². The van der Waals surface area contributed by atoms with E-state index in [1.807, 2.05) is 4.74 Å². The van der Waals surface area contributed by atoms with Crippen LogP contribution in [0.4, 0.5) is 52.7 Å². The van der Waals surface area contributed by atoms with E-state index in [4.69, 9.17) is 0 Å². The molecule has 0 fully saturated rings. The fraction of sp³-hybridized carbons (Fsp3) is 1.00. The third-order valence-corrected chi connectivity index (χ3v) is 3.59. The Kier molecular flexibility index (Phi) is 7.97. The summed E-state index contributed by atoms with van der Waals surface area (Å²) in [6.45, 7) is 2.44. The van der Waals surface area contributed by atoms with Crippen LogP contribution >= 0.6 is 0 Å². The molecule has 0 radical (unpaired) electrons. The molecule has 0 unspecified atom stereocenters. The molecule has 0 aliphatic carbocycles. The second-order valence-corrected chi connectivity index (χ2v) is 5.90. The fourth-order valence-electron chi connectivity index (χ4n) is 1.83. The number of ether oxygens (including phenoxy) is 1. The Morgan fingerprint density at radius 2 is 0.778 bits per heavy atom. The zero-order valence-corrected chi connectivity index (χ0v) is 14.2. The van der Waals surface area contributed by atoms with E-state index in [0.29, 0.717) is 0 Å². The van der Waals surface area contributed by atoms with Gasteiger partial charge in [0.25, 0.3) is 0 Å². The first kappa shape index (κ1) is 26.1. The third kappa shape index (κ3) is 5.14. The largest absolute Gasteiger partial charge is 0.430 e. The fourth-order valence-corrected chi connectivity index (χ4v) is 1.83. The van der Waals surface area contributed by atoms with E-state index < -0.39 is 61.6 Å². The van der Waals surface area contributed by atoms with Crippen LogP contribution in [0.3, 0.4) is 0 Å². The van der Waals surface area contributed by atoms with Crippen LogP contribution in [0.1, 0.15) is 52.4 Å². The van der Waals surface area contributed by atoms with Gasteiger partial charge in [-0.05, 0) is 12.8 Å². The van der Waals surface area contributed by atoms with Crippen molar-refractivity contribution in [1.29, 1.82) is 0 Å². The van der Waals surface area contributed by atoms with Gasteiger partial charge in [0.15, 0.2) is 0 Å². The summed E-state index contributed by atoms with van der Waals surface area (Å²) in [5.41, 5.74) is 0. The first-order chi connectivity index (χ1) is 11.8. The van der Waals surface area contributed by atoms with Crippen molar-refractivity contribution < 1.29 is 57.4 Å². The molecule has 1 nitrogen and oxygen atoms in total. The lowest BCUT2D eigenvalue weighted by atomic mass is 10.0. The van der Waals surface area contributed by atoms with Gasteiger partial charge in [-0.1, -0.05) is 26.7 Å². The minimum absolute atomic E-state index is 0.171. The predicted molar refractivity (Wildman–Crippen MR) is 69.8 cm³/mol. The maximum Gasteiger partial charge on any atom is 0.430 e. The van der Waals surface area contributed by atoms with E-state index in [0.717, 1.165) is 0 Å². The molecule has 0 spiro atoms. The quantitative estimate of drug-likeness (QED) is 0.300. The Balaban J connectivity index is 5.73. The molecule has 0 saturated heterocycles. The van der Waals surface area contributed by atoms with Gasteiger partial charge in [0.2, 0.25) is 0 Å². The van der Waals surface area contributed by atoms with Gasteiger partial charge in [0, 0.05) is 12.8 Å². The number of rotatable bonds is 12. The monoisotopic (exact) mass is 430 g/mol. The lowest BCUT2D eigenvalue weighted by Crippen LogP contribution is -2.62. The van der Waals surface area contributed by atoms with Gasteiger partial charge in [-0.15, -0.1) is 0 Å². The molecule has 0 aliphatic heterocycles. The molecule has 0 heterocycles. The number of hydrogen-bond acceptors (Lipinski definition) is 1. The second-order valence-electron chi connectivity index (χ2n) is 5.90. The summed E-state index contributed by atoms with van der Waals surface area (Å²) in [5, 5.41) is 0. The normalized spacial score (nSPS) is 15.3. The molecule has 13 heteroatoms. The van der Waals surface area contributed by atoms with Gasteiger partial charge in [-0.25, -0.2) is 4.74 Å². The standard InChI is InChI=1S/C14H18F12O/c1-3-5-7-9(15,16)11(19,20)13(23,24)27-14(25,26)12(21,22)10(17,18)8-6-4-2/h3-8H2,1-2H3. The van der Waals surface area contributed by atoms with Crippen LogP contribution in [-0.4, -0.2) is 35.9 Å². The Hall–Kier alpha value is -0.880. The highest BCUT2D eigenvalue weighted by Crippen LogP contribution is 2.55. The van der Waals surface area contributed by atoms with Crippen molar-refractivity contribution in [3.05, 3.63) is 0 Å². The summed E-state index contributed by atoms with van der Waals surface area (Å²) in [7, 11) is 0. The highest BCUT2D eigenvalue weighted by molar-refractivity contribution is 4.96. The zero-order chi connectivity index (χ0) is 21.9. The van der Waals surface area contributed by atoms with Crippen molar-refractivity contribution >= 4 is 0 Å². The lowest BCUT2D eigenvalue weighted by molar-refractivity contribution is -0.500. The van der Waals surface area contributed by atoms with Crippen LogP contribution in [0.25, 0.3) is 0 Å². The van der Waals surface area contributed by atoms with Gasteiger partial charge in [-0.2, -0.15) is 52.7 Å². The van der Waals surface area contributed by atoms with Crippen molar-refractivity contribution in [2.45, 2.75) is 88.3 Å². The van der Waals surface area contributed by atoms with E-state index >= 15 is 0 Å². The van der Waals surface area contributed by atoms with E-state index in [-0.39, 0.29) is 12.8 Å². The molecule has 0 saturated carbocycles. The highest BCUT2D eigenvalue weighted by atomic mass is 19.4. The summed E-state index contributed by atoms with van der Waals surface area (Å²) in [6.07, 6.45) is -19.3. The highest BCUT2D eigenvalue weighted by Gasteiger charge is 2.80. The van der Waals surface area contributed by atoms with Crippen molar-refractivity contribution in [3.8, 4) is 0 Å². The maximum atomic E-state index is 13.3. The van der Waals surface area contributed by atoms with Crippen molar-refractivity contribution in [2.75, 3.05) is 0 Å². The van der Waals surface area contributed by atoms with Crippen LogP contribution in [0, 0.1) is 0 Å². The molecule has 0 bridgehead atoms. The minimum Gasteiger partial charge on any atom is -0.245 e. The molecule has 27 heavy (non-hydrogen) atoms. The molecule has 0 aromatic carbocycles. The summed E-state index contributed by atoms with van der Waals surface area (Å²) >= 11 is 0. The SMILES string of the molecule is CCCCC(F)(F)C(F)(F)C(F)(F)OC(F)(F)C(F)(F)C(F)(F)CCCC. The molecule has 0 aliphatic rings. The molecule has 0 amide bonds. The summed E-state index contributed by atoms with van der Waals surface area (Å²) in [5.74, 6) is -24.6. The molecule has 0 aromatic heterocycles. The predicted octanol–water partition coefficient (Wildman–Crippen LogP) is 7.11. The van der Waals surface area contributed by atoms with Gasteiger partial charge in [0.1, 0.15) is 0 Å². The minimum atomic E-state index is -6.86. The van der Waals surface area contributed by atoms with Crippen LogP contribution < -0.4 is 0 Å². The lowest BCUT2D eigenvalue weighted by Gasteiger charge is -2.37. The van der Waals surface area contributed by atoms with Gasteiger partial charge in [0.05, 0.1) is 0 Å². The molecule has 0 N–H and O–H groups in total. The number of unbranched alkanes of at least 4 members (excludes halogenated alkanes) is 2. The first-order valence-corrected chi connectivity index (χ1v) is 7.80. The van der Waals surface area contributed by atoms with E-state index in [1.165, 1.54) is 13.8 Å². The van der Waals surface area contributed by atoms with Crippen LogP contribution in [0.15, 0.2) is 0 Å². The Morgan fingerprint density at radius 3 is 1.00 bits per heavy atom. The summed E-state index contributed by atoms with van der Waals surface area (Å²) < 4.78 is 161. The van der Waals surface area contributed by atoms with E-state index in [2.05, 4.69) is 0 Å². The van der Waals surface area contributed by atoms with Crippen molar-refractivity contribution in [2.24, 2.45) is 0 Å². The smallest absolute Gasteiger partial charge is 0.245 e. The third-order valence-electron chi connectivity index (χ3n) is 3.59. The number of alkyl halides is 12. The molecular formula is C14H18F12O. The first-order valence-electron chi connectivity index (χ1n) is 7.80. The van der Waals surface area contributed by atoms with Crippen LogP contribution in [-0.2, 0) is 4.74 Å². The van der Waals surface area contributed by atoms with Gasteiger partial charge in [-0.3, -0.25) is 0 Å². The Bertz CT molecular complexity index is 433. The topological polar surface area (TPSA) is 9.23 Å². The number of hydrogen-bond donors (Lipinski definition) is 0. The van der Waals surface area contributed by atoms with Crippen LogP contribution in [0.5, 0.6) is 0 Å². The molecule has 0 aromatic rings. The summed E-state index contributed by atoms with van der Waals surface area (Å²) in [6, 6.07) is 0. The van der Waals surface area contributed by atoms with E-state index in [1.54, 1.807) is 0 Å². The second kappa shape index (κ2) is 8.24. The summed E-state index contributed by atoms with van der Waals surface area (Å²) in [4.78, 5) is 0. The van der Waals surface area contributed by atoms with Crippen molar-refractivity contribution in [3.63, 3.8) is 0 Å². The van der Waals surface area contributed by atoms with E-state index in [9.17, 15) is 52.7 Å². The molecule has 164 valence electrons. The van der Waals surface area contributed by atoms with Gasteiger partial charge < -0.3 is 0 Å². The van der Waals surface area contributed by atoms with Crippen molar-refractivity contribution in [1.82, 2.24) is 0 Å². The number of halogens is 12. The average Bonchev–Trinajstić information content (AvgIpc) is 2.49.